The Kier molecular flexibility index (Phi) is 3.78. The molecule has 1 aromatic heterocycles. The summed E-state index contributed by atoms with van der Waals surface area (Å²) in [5, 5.41) is 3.04. The number of nitrogens with one attached hydrogen (secondary N) is 1. The largest absolute Gasteiger partial charge is 0.475 e. The molecule has 1 N–H and O–H groups in total. The third-order valence-corrected chi connectivity index (χ3v) is 2.88. The Morgan fingerprint density at radius 3 is 2.88 bits per heavy atom. The topological polar surface area (TPSA) is 56.3 Å². The summed E-state index contributed by atoms with van der Waals surface area (Å²) in [6, 6.07) is 0. The third-order valence-electron chi connectivity index (χ3n) is 2.88. The summed E-state index contributed by atoms with van der Waals surface area (Å²) in [5.74, 6) is 2.18. The average molecular weight is 237 g/mol. The van der Waals surface area contributed by atoms with Gasteiger partial charge in [-0.3, -0.25) is 0 Å². The van der Waals surface area contributed by atoms with Crippen molar-refractivity contribution in [1.82, 2.24) is 9.97 Å². The Bertz CT molecular complexity index is 390. The van der Waals surface area contributed by atoms with Gasteiger partial charge in [-0.15, -0.1) is 0 Å². The number of rotatable bonds is 4. The minimum Gasteiger partial charge on any atom is -0.475 e. The quantitative estimate of drug-likeness (QED) is 0.863. The molecule has 5 heteroatoms. The van der Waals surface area contributed by atoms with Gasteiger partial charge in [0.25, 0.3) is 0 Å². The van der Waals surface area contributed by atoms with E-state index in [9.17, 15) is 0 Å². The van der Waals surface area contributed by atoms with Crippen molar-refractivity contribution in [3.05, 3.63) is 11.4 Å². The first kappa shape index (κ1) is 12.1. The van der Waals surface area contributed by atoms with Gasteiger partial charge in [0.15, 0.2) is 0 Å². The number of anilines is 1. The summed E-state index contributed by atoms with van der Waals surface area (Å²) >= 11 is 0. The van der Waals surface area contributed by atoms with Gasteiger partial charge in [-0.2, -0.15) is 4.98 Å². The van der Waals surface area contributed by atoms with E-state index in [1.165, 1.54) is 0 Å². The summed E-state index contributed by atoms with van der Waals surface area (Å²) in [6.45, 7) is 5.23. The van der Waals surface area contributed by atoms with E-state index in [4.69, 9.17) is 9.47 Å². The van der Waals surface area contributed by atoms with E-state index in [2.05, 4.69) is 15.3 Å². The molecule has 0 bridgehead atoms. The maximum atomic E-state index is 5.73. The van der Waals surface area contributed by atoms with Gasteiger partial charge in [0.1, 0.15) is 18.2 Å². The van der Waals surface area contributed by atoms with Crippen LogP contribution in [0, 0.1) is 13.8 Å². The molecule has 0 amide bonds. The standard InChI is InChI=1S/C12H19N3O2/c1-8-11(13-3)14-9(2)15-12(8)17-7-10-5-4-6-16-10/h10H,4-7H2,1-3H3,(H,13,14,15). The second-order valence-electron chi connectivity index (χ2n) is 4.25. The van der Waals surface area contributed by atoms with Crippen LogP contribution < -0.4 is 10.1 Å². The zero-order valence-electron chi connectivity index (χ0n) is 10.6. The fourth-order valence-corrected chi connectivity index (χ4v) is 1.93. The maximum absolute atomic E-state index is 5.73. The Labute approximate surface area is 102 Å². The van der Waals surface area contributed by atoms with E-state index in [0.29, 0.717) is 18.3 Å². The second kappa shape index (κ2) is 5.31. The maximum Gasteiger partial charge on any atom is 0.221 e. The molecule has 0 radical (unpaired) electrons. The summed E-state index contributed by atoms with van der Waals surface area (Å²) in [5.41, 5.74) is 0.941. The number of aryl methyl sites for hydroxylation is 1. The predicted molar refractivity (Wildman–Crippen MR) is 65.5 cm³/mol. The lowest BCUT2D eigenvalue weighted by Gasteiger charge is -2.14. The predicted octanol–water partition coefficient (Wildman–Crippen LogP) is 1.69. The van der Waals surface area contributed by atoms with E-state index in [1.54, 1.807) is 0 Å². The molecule has 1 unspecified atom stereocenters. The van der Waals surface area contributed by atoms with E-state index in [0.717, 1.165) is 30.8 Å². The third kappa shape index (κ3) is 2.85. The fraction of sp³-hybridized carbons (Fsp3) is 0.667. The zero-order chi connectivity index (χ0) is 12.3. The van der Waals surface area contributed by atoms with Gasteiger partial charge in [0, 0.05) is 13.7 Å². The van der Waals surface area contributed by atoms with Crippen LogP contribution in [-0.2, 0) is 4.74 Å². The SMILES string of the molecule is CNc1nc(C)nc(OCC2CCCO2)c1C. The molecule has 1 fully saturated rings. The van der Waals surface area contributed by atoms with Crippen LogP contribution in [0.3, 0.4) is 0 Å². The van der Waals surface area contributed by atoms with Crippen molar-refractivity contribution in [2.75, 3.05) is 25.6 Å². The molecule has 1 aliphatic rings. The molecular weight excluding hydrogens is 218 g/mol. The van der Waals surface area contributed by atoms with Gasteiger partial charge in [-0.1, -0.05) is 0 Å². The van der Waals surface area contributed by atoms with Crippen LogP contribution in [0.4, 0.5) is 5.82 Å². The van der Waals surface area contributed by atoms with Crippen molar-refractivity contribution in [3.8, 4) is 5.88 Å². The van der Waals surface area contributed by atoms with E-state index in [-0.39, 0.29) is 6.10 Å². The van der Waals surface area contributed by atoms with Crippen LogP contribution in [0.2, 0.25) is 0 Å². The summed E-state index contributed by atoms with van der Waals surface area (Å²) in [4.78, 5) is 8.61. The molecule has 2 rings (SSSR count). The molecule has 2 heterocycles. The smallest absolute Gasteiger partial charge is 0.221 e. The van der Waals surface area contributed by atoms with E-state index >= 15 is 0 Å². The zero-order valence-corrected chi connectivity index (χ0v) is 10.6. The van der Waals surface area contributed by atoms with E-state index in [1.807, 2.05) is 20.9 Å². The lowest BCUT2D eigenvalue weighted by molar-refractivity contribution is 0.0660. The van der Waals surface area contributed by atoms with Crippen LogP contribution >= 0.6 is 0 Å². The van der Waals surface area contributed by atoms with Crippen molar-refractivity contribution in [2.24, 2.45) is 0 Å². The first-order valence-corrected chi connectivity index (χ1v) is 5.98. The molecule has 1 saturated heterocycles. The Morgan fingerprint density at radius 1 is 1.41 bits per heavy atom. The lowest BCUT2D eigenvalue weighted by atomic mass is 10.2. The first-order chi connectivity index (χ1) is 8.20. The molecule has 1 aliphatic heterocycles. The number of nitrogens with zero attached hydrogens (tertiary/aromatic N) is 2. The molecule has 94 valence electrons. The van der Waals surface area contributed by atoms with Gasteiger partial charge in [-0.05, 0) is 26.7 Å². The number of ether oxygens (including phenoxy) is 2. The van der Waals surface area contributed by atoms with Crippen LogP contribution in [-0.4, -0.2) is 36.3 Å². The Hall–Kier alpha value is -1.36. The van der Waals surface area contributed by atoms with Crippen LogP contribution in [0.25, 0.3) is 0 Å². The van der Waals surface area contributed by atoms with Crippen molar-refractivity contribution < 1.29 is 9.47 Å². The van der Waals surface area contributed by atoms with Crippen molar-refractivity contribution in [3.63, 3.8) is 0 Å². The number of hydrogen-bond acceptors (Lipinski definition) is 5. The van der Waals surface area contributed by atoms with Gasteiger partial charge >= 0.3 is 0 Å². The summed E-state index contributed by atoms with van der Waals surface area (Å²) < 4.78 is 11.2. The first-order valence-electron chi connectivity index (χ1n) is 5.98. The Morgan fingerprint density at radius 2 is 2.24 bits per heavy atom. The summed E-state index contributed by atoms with van der Waals surface area (Å²) in [6.07, 6.45) is 2.40. The minimum absolute atomic E-state index is 0.211. The molecule has 17 heavy (non-hydrogen) atoms. The van der Waals surface area contributed by atoms with Gasteiger partial charge in [0.05, 0.1) is 11.7 Å². The molecule has 0 saturated carbocycles. The highest BCUT2D eigenvalue weighted by Gasteiger charge is 2.17. The highest BCUT2D eigenvalue weighted by molar-refractivity contribution is 5.47. The second-order valence-corrected chi connectivity index (χ2v) is 4.25. The van der Waals surface area contributed by atoms with Crippen LogP contribution in [0.15, 0.2) is 0 Å². The molecule has 1 atom stereocenters. The van der Waals surface area contributed by atoms with Crippen molar-refractivity contribution in [2.45, 2.75) is 32.8 Å². The van der Waals surface area contributed by atoms with Crippen molar-refractivity contribution >= 4 is 5.82 Å². The number of aromatic nitrogens is 2. The van der Waals surface area contributed by atoms with Gasteiger partial charge in [0.2, 0.25) is 5.88 Å². The fourth-order valence-electron chi connectivity index (χ4n) is 1.93. The Balaban J connectivity index is 2.06. The molecule has 0 spiro atoms. The lowest BCUT2D eigenvalue weighted by Crippen LogP contribution is -2.18. The highest BCUT2D eigenvalue weighted by atomic mass is 16.5. The molecule has 5 nitrogen and oxygen atoms in total. The van der Waals surface area contributed by atoms with Crippen LogP contribution in [0.5, 0.6) is 5.88 Å². The minimum atomic E-state index is 0.211. The molecule has 1 aromatic rings. The number of hydrogen-bond donors (Lipinski definition) is 1. The monoisotopic (exact) mass is 237 g/mol. The normalized spacial score (nSPS) is 19.4. The van der Waals surface area contributed by atoms with E-state index < -0.39 is 0 Å². The molecular formula is C12H19N3O2. The van der Waals surface area contributed by atoms with Crippen molar-refractivity contribution in [1.29, 1.82) is 0 Å². The molecule has 0 aliphatic carbocycles. The van der Waals surface area contributed by atoms with Gasteiger partial charge < -0.3 is 14.8 Å². The van der Waals surface area contributed by atoms with Crippen LogP contribution in [0.1, 0.15) is 24.2 Å². The summed E-state index contributed by atoms with van der Waals surface area (Å²) in [7, 11) is 1.85. The molecule has 0 aromatic carbocycles. The van der Waals surface area contributed by atoms with Gasteiger partial charge in [-0.25, -0.2) is 4.98 Å². The highest BCUT2D eigenvalue weighted by Crippen LogP contribution is 2.22. The average Bonchev–Trinajstić information content (AvgIpc) is 2.82.